The van der Waals surface area contributed by atoms with E-state index < -0.39 is 0 Å². The zero-order chi connectivity index (χ0) is 19.3. The molecule has 0 aromatic heterocycles. The molecular weight excluding hydrogens is 354 g/mol. The molecule has 0 fully saturated rings. The fraction of sp³-hybridized carbons (Fsp3) is 0.556. The molecule has 7 nitrogen and oxygen atoms in total. The summed E-state index contributed by atoms with van der Waals surface area (Å²) in [6.45, 7) is 6.50. The summed E-state index contributed by atoms with van der Waals surface area (Å²) in [4.78, 5) is 12.8. The number of rotatable bonds is 8. The number of carbonyl (C=O) groups is 1. The summed E-state index contributed by atoms with van der Waals surface area (Å²) in [5, 5.41) is 7.19. The predicted molar refractivity (Wildman–Crippen MR) is 104 cm³/mol. The van der Waals surface area contributed by atoms with Crippen molar-refractivity contribution >= 4 is 22.7 Å². The SMILES string of the molecule is CCC(C)(CC)C1=NN(NC(=O)c2c(OC)cc(OC)cc2OC)CS1. The van der Waals surface area contributed by atoms with Crippen LogP contribution < -0.4 is 19.6 Å². The molecule has 2 rings (SSSR count). The lowest BCUT2D eigenvalue weighted by molar-refractivity contribution is 0.0821. The van der Waals surface area contributed by atoms with Gasteiger partial charge in [0, 0.05) is 17.5 Å². The number of methoxy groups -OCH3 is 3. The Morgan fingerprint density at radius 1 is 1.19 bits per heavy atom. The van der Waals surface area contributed by atoms with Crippen LogP contribution in [0.4, 0.5) is 0 Å². The van der Waals surface area contributed by atoms with Crippen molar-refractivity contribution in [2.24, 2.45) is 10.5 Å². The molecule has 1 amide bonds. The summed E-state index contributed by atoms with van der Waals surface area (Å²) in [6.07, 6.45) is 1.99. The number of benzene rings is 1. The quantitative estimate of drug-likeness (QED) is 0.743. The van der Waals surface area contributed by atoms with Gasteiger partial charge >= 0.3 is 0 Å². The van der Waals surface area contributed by atoms with Crippen LogP contribution in [-0.4, -0.2) is 43.3 Å². The molecule has 0 radical (unpaired) electrons. The number of amides is 1. The topological polar surface area (TPSA) is 72.4 Å². The van der Waals surface area contributed by atoms with Gasteiger partial charge in [0.1, 0.15) is 33.7 Å². The van der Waals surface area contributed by atoms with Crippen LogP contribution in [0, 0.1) is 5.41 Å². The minimum atomic E-state index is -0.346. The lowest BCUT2D eigenvalue weighted by atomic mass is 9.86. The molecule has 1 aliphatic heterocycles. The number of hydrazone groups is 1. The second kappa shape index (κ2) is 8.53. The van der Waals surface area contributed by atoms with Crippen LogP contribution in [0.15, 0.2) is 17.2 Å². The highest BCUT2D eigenvalue weighted by atomic mass is 32.2. The number of hydrogen-bond acceptors (Lipinski definition) is 7. The maximum absolute atomic E-state index is 12.8. The van der Waals surface area contributed by atoms with Gasteiger partial charge in [0.15, 0.2) is 0 Å². The van der Waals surface area contributed by atoms with Gasteiger partial charge in [-0.15, -0.1) is 0 Å². The lowest BCUT2D eigenvalue weighted by Crippen LogP contribution is -2.37. The molecule has 1 aliphatic rings. The Morgan fingerprint density at radius 3 is 2.23 bits per heavy atom. The molecule has 144 valence electrons. The number of carbonyl (C=O) groups excluding carboxylic acids is 1. The number of nitrogens with zero attached hydrogens (tertiary/aromatic N) is 2. The van der Waals surface area contributed by atoms with Gasteiger partial charge in [0.25, 0.3) is 5.91 Å². The van der Waals surface area contributed by atoms with Crippen molar-refractivity contribution in [3.05, 3.63) is 17.7 Å². The minimum Gasteiger partial charge on any atom is -0.496 e. The fourth-order valence-electron chi connectivity index (χ4n) is 2.60. The highest BCUT2D eigenvalue weighted by molar-refractivity contribution is 8.14. The van der Waals surface area contributed by atoms with E-state index in [-0.39, 0.29) is 11.3 Å². The van der Waals surface area contributed by atoms with Crippen molar-refractivity contribution < 1.29 is 19.0 Å². The van der Waals surface area contributed by atoms with Crippen LogP contribution in [0.2, 0.25) is 0 Å². The Morgan fingerprint density at radius 2 is 1.77 bits per heavy atom. The molecule has 8 heteroatoms. The first kappa shape index (κ1) is 20.2. The van der Waals surface area contributed by atoms with Gasteiger partial charge in [-0.3, -0.25) is 4.79 Å². The molecule has 0 unspecified atom stereocenters. The lowest BCUT2D eigenvalue weighted by Gasteiger charge is -2.25. The Kier molecular flexibility index (Phi) is 6.63. The Hall–Kier alpha value is -2.09. The Labute approximate surface area is 159 Å². The average Bonchev–Trinajstić information content (AvgIpc) is 3.14. The van der Waals surface area contributed by atoms with Gasteiger partial charge in [-0.05, 0) is 12.8 Å². The summed E-state index contributed by atoms with van der Waals surface area (Å²) in [7, 11) is 4.55. The van der Waals surface area contributed by atoms with Gasteiger partial charge in [-0.2, -0.15) is 10.2 Å². The fourth-order valence-corrected chi connectivity index (χ4v) is 3.76. The molecule has 0 bridgehead atoms. The summed E-state index contributed by atoms with van der Waals surface area (Å²) >= 11 is 1.65. The normalized spacial score (nSPS) is 14.1. The molecule has 0 saturated heterocycles. The molecule has 0 aliphatic carbocycles. The van der Waals surface area contributed by atoms with E-state index in [4.69, 9.17) is 14.2 Å². The summed E-state index contributed by atoms with van der Waals surface area (Å²) < 4.78 is 15.9. The average molecular weight is 381 g/mol. The van der Waals surface area contributed by atoms with Crippen molar-refractivity contribution in [3.8, 4) is 17.2 Å². The highest BCUT2D eigenvalue weighted by Crippen LogP contribution is 2.37. The van der Waals surface area contributed by atoms with Gasteiger partial charge in [-0.1, -0.05) is 32.5 Å². The molecule has 1 aromatic rings. The van der Waals surface area contributed by atoms with E-state index >= 15 is 0 Å². The van der Waals surface area contributed by atoms with Gasteiger partial charge in [0.2, 0.25) is 0 Å². The second-order valence-corrected chi connectivity index (χ2v) is 7.13. The van der Waals surface area contributed by atoms with E-state index in [1.54, 1.807) is 36.1 Å². The molecule has 1 heterocycles. The van der Waals surface area contributed by atoms with Crippen LogP contribution >= 0.6 is 11.8 Å². The third-order valence-electron chi connectivity index (χ3n) is 4.78. The number of ether oxygens (including phenoxy) is 3. The van der Waals surface area contributed by atoms with Crippen molar-refractivity contribution in [2.45, 2.75) is 33.6 Å². The van der Waals surface area contributed by atoms with E-state index in [0.717, 1.165) is 17.9 Å². The number of thioether (sulfide) groups is 1. The molecule has 1 N–H and O–H groups in total. The Balaban J connectivity index is 2.25. The largest absolute Gasteiger partial charge is 0.496 e. The number of nitrogens with one attached hydrogen (secondary N) is 1. The molecule has 26 heavy (non-hydrogen) atoms. The van der Waals surface area contributed by atoms with E-state index in [9.17, 15) is 4.79 Å². The van der Waals surface area contributed by atoms with E-state index in [1.165, 1.54) is 14.2 Å². The van der Waals surface area contributed by atoms with Crippen LogP contribution in [-0.2, 0) is 0 Å². The van der Waals surface area contributed by atoms with Crippen LogP contribution in [0.1, 0.15) is 44.0 Å². The molecule has 0 saturated carbocycles. The Bertz CT molecular complexity index is 664. The molecule has 0 spiro atoms. The van der Waals surface area contributed by atoms with Crippen molar-refractivity contribution in [1.82, 2.24) is 10.5 Å². The van der Waals surface area contributed by atoms with Crippen molar-refractivity contribution in [2.75, 3.05) is 27.2 Å². The maximum atomic E-state index is 12.8. The van der Waals surface area contributed by atoms with E-state index in [0.29, 0.717) is 28.7 Å². The van der Waals surface area contributed by atoms with Crippen LogP contribution in [0.25, 0.3) is 0 Å². The zero-order valence-electron chi connectivity index (χ0n) is 16.2. The van der Waals surface area contributed by atoms with Gasteiger partial charge in [-0.25, -0.2) is 5.43 Å². The molecule has 1 aromatic carbocycles. The third kappa shape index (κ3) is 4.00. The minimum absolute atomic E-state index is 0.0274. The first-order valence-corrected chi connectivity index (χ1v) is 9.51. The van der Waals surface area contributed by atoms with Crippen molar-refractivity contribution in [3.63, 3.8) is 0 Å². The van der Waals surface area contributed by atoms with Crippen molar-refractivity contribution in [1.29, 1.82) is 0 Å². The monoisotopic (exact) mass is 381 g/mol. The zero-order valence-corrected chi connectivity index (χ0v) is 17.0. The summed E-state index contributed by atoms with van der Waals surface area (Å²) in [5.74, 6) is 1.52. The highest BCUT2D eigenvalue weighted by Gasteiger charge is 2.32. The maximum Gasteiger partial charge on any atom is 0.278 e. The standard InChI is InChI=1S/C18H27N3O4S/c1-7-18(3,8-2)17-20-21(11-26-17)19-16(22)15-13(24-5)9-12(23-4)10-14(15)25-6/h9-10H,7-8,11H2,1-6H3,(H,19,22). The number of hydrazine groups is 1. The third-order valence-corrected chi connectivity index (χ3v) is 6.01. The summed E-state index contributed by atoms with van der Waals surface area (Å²) in [5.41, 5.74) is 3.15. The smallest absolute Gasteiger partial charge is 0.278 e. The second-order valence-electron chi connectivity index (χ2n) is 6.19. The molecule has 0 atom stereocenters. The first-order chi connectivity index (χ1) is 12.4. The van der Waals surface area contributed by atoms with E-state index in [2.05, 4.69) is 31.3 Å². The summed E-state index contributed by atoms with van der Waals surface area (Å²) in [6, 6.07) is 3.30. The van der Waals surface area contributed by atoms with Gasteiger partial charge in [0.05, 0.1) is 21.3 Å². The predicted octanol–water partition coefficient (Wildman–Crippen LogP) is 3.50. The number of hydrogen-bond donors (Lipinski definition) is 1. The van der Waals surface area contributed by atoms with Gasteiger partial charge < -0.3 is 14.2 Å². The first-order valence-electron chi connectivity index (χ1n) is 8.52. The molecular formula is C18H27N3O4S. The van der Waals surface area contributed by atoms with Crippen LogP contribution in [0.3, 0.4) is 0 Å². The van der Waals surface area contributed by atoms with E-state index in [1.807, 2.05) is 0 Å². The van der Waals surface area contributed by atoms with Crippen LogP contribution in [0.5, 0.6) is 17.2 Å².